The van der Waals surface area contributed by atoms with Gasteiger partial charge in [-0.25, -0.2) is 8.42 Å². The van der Waals surface area contributed by atoms with E-state index in [1.165, 1.54) is 6.07 Å². The number of rotatable bonds is 3. The van der Waals surface area contributed by atoms with Crippen molar-refractivity contribution in [2.24, 2.45) is 0 Å². The summed E-state index contributed by atoms with van der Waals surface area (Å²) >= 11 is 0. The van der Waals surface area contributed by atoms with Crippen LogP contribution >= 0.6 is 0 Å². The standard InChI is InChI=1S/C13H14N2O4S/c1-9-4-2-6-12(10(9)8-14)20(18,19)15-7-3-5-11(15)13(16)17/h2,4,6,11H,3,5,7H2,1H3,(H,16,17)/t11-/m1/s1. The maximum atomic E-state index is 12.6. The molecule has 0 radical (unpaired) electrons. The molecule has 6 nitrogen and oxygen atoms in total. The predicted octanol–water partition coefficient (Wildman–Crippen LogP) is 1.10. The molecular weight excluding hydrogens is 280 g/mol. The number of carboxylic acid groups (broad SMARTS) is 1. The Morgan fingerprint density at radius 2 is 2.20 bits per heavy atom. The molecule has 1 aromatic rings. The highest BCUT2D eigenvalue weighted by Gasteiger charge is 2.40. The summed E-state index contributed by atoms with van der Waals surface area (Å²) in [5, 5.41) is 18.2. The molecule has 1 saturated heterocycles. The van der Waals surface area contributed by atoms with Crippen molar-refractivity contribution in [3.8, 4) is 6.07 Å². The van der Waals surface area contributed by atoms with E-state index in [1.807, 2.05) is 6.07 Å². The van der Waals surface area contributed by atoms with Crippen molar-refractivity contribution in [1.82, 2.24) is 4.31 Å². The molecule has 1 heterocycles. The van der Waals surface area contributed by atoms with Crippen LogP contribution < -0.4 is 0 Å². The molecule has 0 spiro atoms. The van der Waals surface area contributed by atoms with E-state index in [-0.39, 0.29) is 17.0 Å². The number of nitrogens with zero attached hydrogens (tertiary/aromatic N) is 2. The molecule has 1 aromatic carbocycles. The molecule has 0 unspecified atom stereocenters. The molecule has 1 atom stereocenters. The van der Waals surface area contributed by atoms with E-state index < -0.39 is 22.0 Å². The van der Waals surface area contributed by atoms with Crippen LogP contribution in [-0.4, -0.2) is 36.4 Å². The van der Waals surface area contributed by atoms with Gasteiger partial charge in [-0.3, -0.25) is 4.79 Å². The van der Waals surface area contributed by atoms with Crippen molar-refractivity contribution in [1.29, 1.82) is 5.26 Å². The Balaban J connectivity index is 2.54. The van der Waals surface area contributed by atoms with Crippen LogP contribution in [-0.2, 0) is 14.8 Å². The van der Waals surface area contributed by atoms with E-state index in [0.29, 0.717) is 18.4 Å². The van der Waals surface area contributed by atoms with Crippen LogP contribution in [0.25, 0.3) is 0 Å². The lowest BCUT2D eigenvalue weighted by molar-refractivity contribution is -0.140. The molecular formula is C13H14N2O4S. The molecule has 2 rings (SSSR count). The minimum atomic E-state index is -3.97. The third kappa shape index (κ3) is 2.28. The second-order valence-corrected chi connectivity index (χ2v) is 6.53. The molecule has 1 aliphatic rings. The SMILES string of the molecule is Cc1cccc(S(=O)(=O)N2CCC[C@@H]2C(=O)O)c1C#N. The molecule has 0 bridgehead atoms. The molecule has 0 aromatic heterocycles. The summed E-state index contributed by atoms with van der Waals surface area (Å²) in [7, 11) is -3.97. The third-order valence-electron chi connectivity index (χ3n) is 3.42. The van der Waals surface area contributed by atoms with Crippen LogP contribution in [0.4, 0.5) is 0 Å². The average molecular weight is 294 g/mol. The minimum absolute atomic E-state index is 0.0727. The Labute approximate surface area is 117 Å². The first-order chi connectivity index (χ1) is 9.39. The second-order valence-electron chi connectivity index (χ2n) is 4.67. The largest absolute Gasteiger partial charge is 0.480 e. The summed E-state index contributed by atoms with van der Waals surface area (Å²) in [5.41, 5.74) is 0.628. The number of aliphatic carboxylic acids is 1. The smallest absolute Gasteiger partial charge is 0.322 e. The Bertz CT molecular complexity index is 691. The lowest BCUT2D eigenvalue weighted by Crippen LogP contribution is -2.40. The Morgan fingerprint density at radius 3 is 2.80 bits per heavy atom. The minimum Gasteiger partial charge on any atom is -0.480 e. The number of hydrogen-bond donors (Lipinski definition) is 1. The molecule has 0 aliphatic carbocycles. The van der Waals surface area contributed by atoms with Crippen molar-refractivity contribution in [2.45, 2.75) is 30.7 Å². The van der Waals surface area contributed by atoms with Crippen molar-refractivity contribution in [3.63, 3.8) is 0 Å². The summed E-state index contributed by atoms with van der Waals surface area (Å²) in [4.78, 5) is 11.0. The molecule has 20 heavy (non-hydrogen) atoms. The van der Waals surface area contributed by atoms with Crippen LogP contribution in [0.15, 0.2) is 23.1 Å². The highest BCUT2D eigenvalue weighted by molar-refractivity contribution is 7.89. The van der Waals surface area contributed by atoms with Gasteiger partial charge < -0.3 is 5.11 Å². The molecule has 1 N–H and O–H groups in total. The highest BCUT2D eigenvalue weighted by Crippen LogP contribution is 2.28. The summed E-state index contributed by atoms with van der Waals surface area (Å²) < 4.78 is 26.2. The van der Waals surface area contributed by atoms with Gasteiger partial charge in [0.25, 0.3) is 0 Å². The molecule has 1 aliphatic heterocycles. The summed E-state index contributed by atoms with van der Waals surface area (Å²) in [5.74, 6) is -1.16. The van der Waals surface area contributed by atoms with Crippen molar-refractivity contribution in [3.05, 3.63) is 29.3 Å². The predicted molar refractivity (Wildman–Crippen MR) is 70.4 cm³/mol. The first-order valence-corrected chi connectivity index (χ1v) is 7.58. The number of benzene rings is 1. The second kappa shape index (κ2) is 5.23. The number of sulfonamides is 1. The Hall–Kier alpha value is -1.91. The maximum absolute atomic E-state index is 12.6. The molecule has 0 saturated carbocycles. The number of carbonyl (C=O) groups is 1. The lowest BCUT2D eigenvalue weighted by Gasteiger charge is -2.21. The summed E-state index contributed by atoms with van der Waals surface area (Å²) in [6.07, 6.45) is 0.798. The quantitative estimate of drug-likeness (QED) is 0.900. The van der Waals surface area contributed by atoms with E-state index >= 15 is 0 Å². The summed E-state index contributed by atoms with van der Waals surface area (Å²) in [6.45, 7) is 1.81. The first kappa shape index (κ1) is 14.5. The van der Waals surface area contributed by atoms with Gasteiger partial charge in [0.15, 0.2) is 0 Å². The van der Waals surface area contributed by atoms with E-state index in [4.69, 9.17) is 10.4 Å². The fraction of sp³-hybridized carbons (Fsp3) is 0.385. The van der Waals surface area contributed by atoms with Gasteiger partial charge in [0.05, 0.1) is 5.56 Å². The van der Waals surface area contributed by atoms with E-state index in [2.05, 4.69) is 0 Å². The Kier molecular flexibility index (Phi) is 3.79. The van der Waals surface area contributed by atoms with Gasteiger partial charge in [0.2, 0.25) is 10.0 Å². The van der Waals surface area contributed by atoms with Crippen LogP contribution in [0.5, 0.6) is 0 Å². The van der Waals surface area contributed by atoms with E-state index in [9.17, 15) is 13.2 Å². The van der Waals surface area contributed by atoms with Crippen molar-refractivity contribution >= 4 is 16.0 Å². The van der Waals surface area contributed by atoms with Gasteiger partial charge in [-0.05, 0) is 31.4 Å². The normalized spacial score (nSPS) is 19.7. The van der Waals surface area contributed by atoms with Gasteiger partial charge in [-0.1, -0.05) is 12.1 Å². The van der Waals surface area contributed by atoms with Crippen LogP contribution in [0.3, 0.4) is 0 Å². The van der Waals surface area contributed by atoms with Gasteiger partial charge in [0.1, 0.15) is 17.0 Å². The van der Waals surface area contributed by atoms with Crippen LogP contribution in [0.1, 0.15) is 24.0 Å². The monoisotopic (exact) mass is 294 g/mol. The number of nitriles is 1. The molecule has 1 fully saturated rings. The number of carboxylic acids is 1. The van der Waals surface area contributed by atoms with Gasteiger partial charge in [-0.2, -0.15) is 9.57 Å². The molecule has 7 heteroatoms. The number of aryl methyl sites for hydroxylation is 1. The lowest BCUT2D eigenvalue weighted by atomic mass is 10.1. The van der Waals surface area contributed by atoms with E-state index in [1.54, 1.807) is 19.1 Å². The zero-order valence-corrected chi connectivity index (χ0v) is 11.7. The number of hydrogen-bond acceptors (Lipinski definition) is 4. The molecule has 106 valence electrons. The maximum Gasteiger partial charge on any atom is 0.322 e. The van der Waals surface area contributed by atoms with Gasteiger partial charge in [-0.15, -0.1) is 0 Å². The zero-order chi connectivity index (χ0) is 14.9. The van der Waals surface area contributed by atoms with Gasteiger partial charge >= 0.3 is 5.97 Å². The van der Waals surface area contributed by atoms with Crippen molar-refractivity contribution in [2.75, 3.05) is 6.54 Å². The first-order valence-electron chi connectivity index (χ1n) is 6.14. The van der Waals surface area contributed by atoms with Gasteiger partial charge in [0, 0.05) is 6.54 Å². The topological polar surface area (TPSA) is 98.5 Å². The molecule has 0 amide bonds. The third-order valence-corrected chi connectivity index (χ3v) is 5.37. The Morgan fingerprint density at radius 1 is 1.50 bits per heavy atom. The zero-order valence-electron chi connectivity index (χ0n) is 10.9. The van der Waals surface area contributed by atoms with Crippen molar-refractivity contribution < 1.29 is 18.3 Å². The summed E-state index contributed by atoms with van der Waals surface area (Å²) in [6, 6.07) is 5.38. The van der Waals surface area contributed by atoms with Crippen LogP contribution in [0.2, 0.25) is 0 Å². The highest BCUT2D eigenvalue weighted by atomic mass is 32.2. The average Bonchev–Trinajstić information content (AvgIpc) is 2.88. The fourth-order valence-electron chi connectivity index (χ4n) is 2.40. The van der Waals surface area contributed by atoms with E-state index in [0.717, 1.165) is 4.31 Å². The van der Waals surface area contributed by atoms with Crippen LogP contribution in [0, 0.1) is 18.3 Å². The fourth-order valence-corrected chi connectivity index (χ4v) is 4.27.